The molecule has 2 heterocycles. The van der Waals surface area contributed by atoms with Crippen molar-refractivity contribution in [1.82, 2.24) is 10.6 Å². The van der Waals surface area contributed by atoms with Gasteiger partial charge in [-0.05, 0) is 62.0 Å². The minimum Gasteiger partial charge on any atom is -0.352 e. The highest BCUT2D eigenvalue weighted by Gasteiger charge is 2.26. The van der Waals surface area contributed by atoms with Crippen molar-refractivity contribution in [3.05, 3.63) is 29.3 Å². The molecule has 0 aliphatic carbocycles. The van der Waals surface area contributed by atoms with Crippen LogP contribution in [-0.4, -0.2) is 46.8 Å². The van der Waals surface area contributed by atoms with Gasteiger partial charge in [0.2, 0.25) is 10.0 Å². The minimum atomic E-state index is -3.25. The Labute approximate surface area is 137 Å². The van der Waals surface area contributed by atoms with Gasteiger partial charge in [-0.25, -0.2) is 8.42 Å². The third kappa shape index (κ3) is 3.67. The molecule has 126 valence electrons. The first-order valence-corrected chi connectivity index (χ1v) is 9.89. The van der Waals surface area contributed by atoms with Crippen molar-refractivity contribution < 1.29 is 13.2 Å². The number of benzene rings is 1. The molecule has 2 aliphatic heterocycles. The van der Waals surface area contributed by atoms with Gasteiger partial charge in [-0.1, -0.05) is 0 Å². The van der Waals surface area contributed by atoms with Crippen LogP contribution in [0, 0.1) is 5.92 Å². The van der Waals surface area contributed by atoms with Crippen molar-refractivity contribution in [2.24, 2.45) is 5.92 Å². The van der Waals surface area contributed by atoms with Gasteiger partial charge in [-0.3, -0.25) is 9.10 Å². The maximum Gasteiger partial charge on any atom is 0.251 e. The van der Waals surface area contributed by atoms with E-state index in [1.165, 1.54) is 17.0 Å². The molecule has 3 rings (SSSR count). The molecule has 1 amide bonds. The van der Waals surface area contributed by atoms with Crippen molar-refractivity contribution in [1.29, 1.82) is 0 Å². The Kier molecular flexibility index (Phi) is 4.59. The first kappa shape index (κ1) is 16.3. The van der Waals surface area contributed by atoms with Crippen LogP contribution in [0.4, 0.5) is 5.69 Å². The molecule has 1 aromatic carbocycles. The lowest BCUT2D eigenvalue weighted by Gasteiger charge is -2.16. The van der Waals surface area contributed by atoms with Gasteiger partial charge in [0.15, 0.2) is 0 Å². The molecule has 23 heavy (non-hydrogen) atoms. The first-order valence-electron chi connectivity index (χ1n) is 8.05. The lowest BCUT2D eigenvalue weighted by Crippen LogP contribution is -2.28. The second-order valence-corrected chi connectivity index (χ2v) is 8.24. The summed E-state index contributed by atoms with van der Waals surface area (Å²) in [5.41, 5.74) is 2.22. The number of amides is 1. The van der Waals surface area contributed by atoms with E-state index in [1.54, 1.807) is 12.1 Å². The molecule has 7 heteroatoms. The zero-order valence-corrected chi connectivity index (χ0v) is 14.2. The minimum absolute atomic E-state index is 0.0865. The molecule has 0 spiro atoms. The van der Waals surface area contributed by atoms with Crippen LogP contribution >= 0.6 is 0 Å². The number of anilines is 1. The molecule has 6 nitrogen and oxygen atoms in total. The summed E-state index contributed by atoms with van der Waals surface area (Å²) >= 11 is 0. The van der Waals surface area contributed by atoms with E-state index in [1.807, 2.05) is 6.07 Å². The molecule has 0 bridgehead atoms. The normalized spacial score (nSPS) is 20.6. The zero-order valence-electron chi connectivity index (χ0n) is 13.3. The van der Waals surface area contributed by atoms with Crippen LogP contribution in [0.1, 0.15) is 28.8 Å². The van der Waals surface area contributed by atoms with E-state index in [-0.39, 0.29) is 5.91 Å². The Morgan fingerprint density at radius 1 is 1.43 bits per heavy atom. The molecule has 0 saturated carbocycles. The average Bonchev–Trinajstić information content (AvgIpc) is 3.14. The summed E-state index contributed by atoms with van der Waals surface area (Å²) in [5, 5.41) is 6.28. The second-order valence-electron chi connectivity index (χ2n) is 6.33. The Bertz CT molecular complexity index is 697. The number of nitrogens with zero attached hydrogens (tertiary/aromatic N) is 1. The monoisotopic (exact) mass is 337 g/mol. The van der Waals surface area contributed by atoms with Gasteiger partial charge in [0.25, 0.3) is 5.91 Å². The lowest BCUT2D eigenvalue weighted by atomic mass is 10.0. The summed E-state index contributed by atoms with van der Waals surface area (Å²) in [6, 6.07) is 5.25. The van der Waals surface area contributed by atoms with E-state index in [2.05, 4.69) is 10.6 Å². The van der Waals surface area contributed by atoms with Gasteiger partial charge in [0, 0.05) is 18.7 Å². The van der Waals surface area contributed by atoms with E-state index >= 15 is 0 Å². The Hall–Kier alpha value is -1.60. The highest BCUT2D eigenvalue weighted by Crippen LogP contribution is 2.30. The number of carbonyl (C=O) groups excluding carboxylic acids is 1. The number of nitrogens with one attached hydrogen (secondary N) is 2. The fraction of sp³-hybridized carbons (Fsp3) is 0.562. The molecule has 1 saturated heterocycles. The third-order valence-corrected chi connectivity index (χ3v) is 5.78. The maximum atomic E-state index is 12.2. The van der Waals surface area contributed by atoms with Gasteiger partial charge >= 0.3 is 0 Å². The van der Waals surface area contributed by atoms with Crippen LogP contribution in [0.15, 0.2) is 18.2 Å². The molecule has 1 unspecified atom stereocenters. The fourth-order valence-corrected chi connectivity index (χ4v) is 4.27. The summed E-state index contributed by atoms with van der Waals surface area (Å²) in [6.07, 6.45) is 4.03. The summed E-state index contributed by atoms with van der Waals surface area (Å²) in [4.78, 5) is 12.2. The van der Waals surface area contributed by atoms with Gasteiger partial charge in [-0.15, -0.1) is 0 Å². The highest BCUT2D eigenvalue weighted by atomic mass is 32.2. The van der Waals surface area contributed by atoms with Crippen molar-refractivity contribution in [3.8, 4) is 0 Å². The van der Waals surface area contributed by atoms with Gasteiger partial charge in [0.1, 0.15) is 0 Å². The second kappa shape index (κ2) is 6.49. The predicted molar refractivity (Wildman–Crippen MR) is 90.3 cm³/mol. The van der Waals surface area contributed by atoms with Crippen molar-refractivity contribution in [2.45, 2.75) is 19.3 Å². The molecular weight excluding hydrogens is 314 g/mol. The van der Waals surface area contributed by atoms with E-state index in [0.29, 0.717) is 36.7 Å². The van der Waals surface area contributed by atoms with E-state index in [9.17, 15) is 13.2 Å². The smallest absolute Gasteiger partial charge is 0.251 e. The third-order valence-electron chi connectivity index (χ3n) is 4.60. The first-order chi connectivity index (χ1) is 10.9. The quantitative estimate of drug-likeness (QED) is 0.831. The number of fused-ring (bicyclic) bond motifs is 1. The fourth-order valence-electron chi connectivity index (χ4n) is 3.31. The molecule has 1 fully saturated rings. The average molecular weight is 337 g/mol. The highest BCUT2D eigenvalue weighted by molar-refractivity contribution is 7.92. The van der Waals surface area contributed by atoms with Gasteiger partial charge < -0.3 is 10.6 Å². The van der Waals surface area contributed by atoms with Crippen LogP contribution in [0.25, 0.3) is 0 Å². The molecule has 1 aromatic rings. The number of carbonyl (C=O) groups is 1. The standard InChI is InChI=1S/C16H23N3O3S/c1-23(21,22)19-9-6-13-10-14(2-3-15(13)19)16(20)18-8-5-12-4-7-17-11-12/h2-3,10,12,17H,4-9,11H2,1H3,(H,18,20). The van der Waals surface area contributed by atoms with Crippen molar-refractivity contribution in [2.75, 3.05) is 36.7 Å². The molecule has 0 radical (unpaired) electrons. The van der Waals surface area contributed by atoms with Crippen LogP contribution in [0.3, 0.4) is 0 Å². The Morgan fingerprint density at radius 2 is 2.26 bits per heavy atom. The van der Waals surface area contributed by atoms with Gasteiger partial charge in [0.05, 0.1) is 11.9 Å². The van der Waals surface area contributed by atoms with Gasteiger partial charge in [-0.2, -0.15) is 0 Å². The summed E-state index contributed by atoms with van der Waals surface area (Å²) in [7, 11) is -3.25. The lowest BCUT2D eigenvalue weighted by molar-refractivity contribution is 0.0951. The van der Waals surface area contributed by atoms with E-state index < -0.39 is 10.0 Å². The summed E-state index contributed by atoms with van der Waals surface area (Å²) < 4.78 is 24.8. The summed E-state index contributed by atoms with van der Waals surface area (Å²) in [5.74, 6) is 0.565. The molecule has 2 aliphatic rings. The number of rotatable bonds is 5. The Morgan fingerprint density at radius 3 is 2.96 bits per heavy atom. The largest absolute Gasteiger partial charge is 0.352 e. The van der Waals surface area contributed by atoms with E-state index in [4.69, 9.17) is 0 Å². The topological polar surface area (TPSA) is 78.5 Å². The van der Waals surface area contributed by atoms with Crippen LogP contribution < -0.4 is 14.9 Å². The zero-order chi connectivity index (χ0) is 16.4. The van der Waals surface area contributed by atoms with Crippen LogP contribution in [0.2, 0.25) is 0 Å². The molecule has 1 atom stereocenters. The predicted octanol–water partition coefficient (Wildman–Crippen LogP) is 0.738. The maximum absolute atomic E-state index is 12.2. The molecular formula is C16H23N3O3S. The van der Waals surface area contributed by atoms with Crippen LogP contribution in [-0.2, 0) is 16.4 Å². The van der Waals surface area contributed by atoms with Crippen molar-refractivity contribution >= 4 is 21.6 Å². The number of sulfonamides is 1. The van der Waals surface area contributed by atoms with E-state index in [0.717, 1.165) is 25.1 Å². The summed E-state index contributed by atoms with van der Waals surface area (Å²) in [6.45, 7) is 3.24. The Balaban J connectivity index is 1.62. The number of hydrogen-bond donors (Lipinski definition) is 2. The molecule has 0 aromatic heterocycles. The molecule has 2 N–H and O–H groups in total. The van der Waals surface area contributed by atoms with Crippen LogP contribution in [0.5, 0.6) is 0 Å². The number of hydrogen-bond acceptors (Lipinski definition) is 4. The van der Waals surface area contributed by atoms with Crippen molar-refractivity contribution in [3.63, 3.8) is 0 Å². The SMILES string of the molecule is CS(=O)(=O)N1CCc2cc(C(=O)NCCC3CCNC3)ccc21.